The number of primary amides is 1. The van der Waals surface area contributed by atoms with Crippen LogP contribution in [0.1, 0.15) is 73.8 Å². The third-order valence-corrected chi connectivity index (χ3v) is 9.68. The first-order valence-corrected chi connectivity index (χ1v) is 16.7. The van der Waals surface area contributed by atoms with E-state index in [2.05, 4.69) is 36.1 Å². The van der Waals surface area contributed by atoms with Crippen LogP contribution >= 0.6 is 0 Å². The number of aromatic nitrogens is 4. The van der Waals surface area contributed by atoms with Gasteiger partial charge in [0.05, 0.1) is 49.1 Å². The molecule has 0 bridgehead atoms. The fourth-order valence-corrected chi connectivity index (χ4v) is 7.07. The summed E-state index contributed by atoms with van der Waals surface area (Å²) in [6.45, 7) is 2.50. The molecule has 16 heteroatoms. The van der Waals surface area contributed by atoms with Crippen LogP contribution in [0.3, 0.4) is 0 Å². The largest absolute Gasteiger partial charge is 0.453 e. The number of hydrogen-bond acceptors (Lipinski definition) is 8. The maximum atomic E-state index is 14.9. The minimum absolute atomic E-state index is 0.00652. The summed E-state index contributed by atoms with van der Waals surface area (Å²) >= 11 is 0. The van der Waals surface area contributed by atoms with Gasteiger partial charge in [0.15, 0.2) is 6.10 Å². The molecule has 7 atom stereocenters. The Balaban J connectivity index is 1.34. The van der Waals surface area contributed by atoms with Crippen LogP contribution in [0, 0.1) is 0 Å². The van der Waals surface area contributed by atoms with Gasteiger partial charge in [-0.1, -0.05) is 48.6 Å². The highest BCUT2D eigenvalue weighted by Crippen LogP contribution is 2.43. The summed E-state index contributed by atoms with van der Waals surface area (Å²) in [5.74, 6) is -0.377. The third kappa shape index (κ3) is 7.07. The van der Waals surface area contributed by atoms with Crippen molar-refractivity contribution in [3.8, 4) is 0 Å². The number of H-pyrrole nitrogens is 2. The van der Waals surface area contributed by atoms with E-state index in [0.717, 1.165) is 11.1 Å². The van der Waals surface area contributed by atoms with Crippen molar-refractivity contribution >= 4 is 29.6 Å². The molecule has 2 aliphatic heterocycles. The molecule has 3 aromatic rings. The van der Waals surface area contributed by atoms with Crippen LogP contribution in [-0.2, 0) is 24.5 Å². The Morgan fingerprint density at radius 1 is 0.941 bits per heavy atom. The normalized spacial score (nSPS) is 25.6. The van der Waals surface area contributed by atoms with E-state index in [9.17, 15) is 28.0 Å². The molecule has 1 aromatic carbocycles. The molecule has 6 rings (SSSR count). The summed E-state index contributed by atoms with van der Waals surface area (Å²) in [6, 6.07) is 7.38. The summed E-state index contributed by atoms with van der Waals surface area (Å²) in [6.07, 6.45) is 3.99. The zero-order chi connectivity index (χ0) is 36.4. The fraction of sp³-hybridized carbons (Fsp3) is 0.429. The first-order chi connectivity index (χ1) is 24.4. The molecule has 5 N–H and O–H groups in total. The highest BCUT2D eigenvalue weighted by Gasteiger charge is 2.44. The Labute approximate surface area is 292 Å². The van der Waals surface area contributed by atoms with Crippen molar-refractivity contribution in [2.45, 2.75) is 75.1 Å². The molecule has 0 radical (unpaired) electrons. The van der Waals surface area contributed by atoms with Gasteiger partial charge < -0.3 is 40.3 Å². The highest BCUT2D eigenvalue weighted by molar-refractivity contribution is 5.86. The average molecular weight is 707 g/mol. The molecule has 270 valence electrons. The Bertz CT molecular complexity index is 1850. The quantitative estimate of drug-likeness (QED) is 0.258. The predicted molar refractivity (Wildman–Crippen MR) is 179 cm³/mol. The van der Waals surface area contributed by atoms with Gasteiger partial charge in [-0.05, 0) is 31.4 Å². The summed E-state index contributed by atoms with van der Waals surface area (Å²) in [5.41, 5.74) is 7.43. The van der Waals surface area contributed by atoms with E-state index < -0.39 is 66.0 Å². The molecular formula is C35H40F2N8O6. The second kappa shape index (κ2) is 14.4. The van der Waals surface area contributed by atoms with E-state index in [4.69, 9.17) is 10.5 Å². The van der Waals surface area contributed by atoms with Gasteiger partial charge >= 0.3 is 12.2 Å². The summed E-state index contributed by atoms with van der Waals surface area (Å²) in [4.78, 5) is 68.2. The highest BCUT2D eigenvalue weighted by atomic mass is 19.1. The molecule has 2 aromatic heterocycles. The van der Waals surface area contributed by atoms with Crippen LogP contribution in [0.15, 0.2) is 61.0 Å². The number of imidazole rings is 2. The van der Waals surface area contributed by atoms with E-state index in [1.807, 2.05) is 42.5 Å². The Morgan fingerprint density at radius 3 is 2.02 bits per heavy atom. The van der Waals surface area contributed by atoms with Crippen molar-refractivity contribution in [1.29, 1.82) is 0 Å². The van der Waals surface area contributed by atoms with E-state index in [-0.39, 0.29) is 25.9 Å². The average Bonchev–Trinajstić information content (AvgIpc) is 3.94. The van der Waals surface area contributed by atoms with Crippen molar-refractivity contribution in [2.24, 2.45) is 5.73 Å². The number of benzene rings is 1. The summed E-state index contributed by atoms with van der Waals surface area (Å²) in [5, 5.41) is 2.44. The monoisotopic (exact) mass is 706 g/mol. The number of rotatable bonds is 9. The van der Waals surface area contributed by atoms with Crippen molar-refractivity contribution in [3.05, 3.63) is 89.6 Å². The van der Waals surface area contributed by atoms with Gasteiger partial charge in [0.2, 0.25) is 5.91 Å². The van der Waals surface area contributed by atoms with Crippen molar-refractivity contribution in [3.63, 3.8) is 0 Å². The number of nitrogens with zero attached hydrogens (tertiary/aromatic N) is 4. The lowest BCUT2D eigenvalue weighted by Gasteiger charge is -2.31. The Hall–Kier alpha value is -5.54. The van der Waals surface area contributed by atoms with Gasteiger partial charge in [-0.2, -0.15) is 0 Å². The number of nitrogens with one attached hydrogen (secondary N) is 3. The molecule has 2 saturated heterocycles. The minimum Gasteiger partial charge on any atom is -0.453 e. The second-order valence-corrected chi connectivity index (χ2v) is 13.0. The fourth-order valence-electron chi connectivity index (χ4n) is 7.07. The molecule has 14 nitrogen and oxygen atoms in total. The number of likely N-dealkylation sites (tertiary alicyclic amines) is 2. The number of alkyl halides is 2. The molecule has 4 amide bonds. The zero-order valence-electron chi connectivity index (χ0n) is 28.3. The number of methoxy groups -OCH3 is 1. The Kier molecular flexibility index (Phi) is 9.94. The van der Waals surface area contributed by atoms with Gasteiger partial charge in [-0.15, -0.1) is 0 Å². The van der Waals surface area contributed by atoms with Crippen molar-refractivity contribution < 1.29 is 37.4 Å². The number of allylic oxidation sites excluding steroid dienone is 4. The van der Waals surface area contributed by atoms with Gasteiger partial charge in [0, 0.05) is 25.2 Å². The standard InChI is InChI=1S/C35H40F2N8O6/c1-19(41-34(49)50-3)31(46)44-17-23(36)13-25(44)29-39-15-27(42-29)35(11-9-22(10-12-35)21-7-5-4-6-8-21)28-16-40-30(43-28)26-14-24(37)18-45(26)32(47)20(2)51-33(38)48/h4-11,15-16,19-20,23-26H,12-14,17-18H2,1-3H3,(H2,38,48)(H,39,42)(H,40,43)(H,41,49)/t19-,20-,23-,24-,25-,26-,35?/m0/s1. The molecule has 0 spiro atoms. The maximum Gasteiger partial charge on any atom is 0.407 e. The lowest BCUT2D eigenvalue weighted by molar-refractivity contribution is -0.140. The predicted octanol–water partition coefficient (Wildman–Crippen LogP) is 3.91. The summed E-state index contributed by atoms with van der Waals surface area (Å²) < 4.78 is 39.2. The molecule has 4 heterocycles. The van der Waals surface area contributed by atoms with Crippen LogP contribution in [-0.4, -0.2) is 98.4 Å². The summed E-state index contributed by atoms with van der Waals surface area (Å²) in [7, 11) is 1.19. The van der Waals surface area contributed by atoms with Gasteiger partial charge in [-0.25, -0.2) is 28.3 Å². The van der Waals surface area contributed by atoms with Crippen LogP contribution in [0.25, 0.3) is 5.57 Å². The topological polar surface area (TPSA) is 189 Å². The minimum atomic E-state index is -1.33. The number of aromatic amines is 2. The maximum absolute atomic E-state index is 14.9. The van der Waals surface area contributed by atoms with Crippen LogP contribution in [0.4, 0.5) is 18.4 Å². The number of carbonyl (C=O) groups excluding carboxylic acids is 4. The molecule has 2 fully saturated rings. The molecule has 3 aliphatic rings. The first-order valence-electron chi connectivity index (χ1n) is 16.7. The van der Waals surface area contributed by atoms with Crippen LogP contribution in [0.2, 0.25) is 0 Å². The van der Waals surface area contributed by atoms with Crippen molar-refractivity contribution in [2.75, 3.05) is 20.2 Å². The van der Waals surface area contributed by atoms with Crippen LogP contribution in [0.5, 0.6) is 0 Å². The number of hydrogen-bond donors (Lipinski definition) is 4. The molecule has 0 saturated carbocycles. The van der Waals surface area contributed by atoms with Gasteiger partial charge in [0.1, 0.15) is 30.0 Å². The van der Waals surface area contributed by atoms with E-state index in [0.29, 0.717) is 29.5 Å². The van der Waals surface area contributed by atoms with E-state index >= 15 is 0 Å². The second-order valence-electron chi connectivity index (χ2n) is 13.0. The van der Waals surface area contributed by atoms with Gasteiger partial charge in [0.25, 0.3) is 5.91 Å². The smallest absolute Gasteiger partial charge is 0.407 e. The lowest BCUT2D eigenvalue weighted by Crippen LogP contribution is -2.47. The lowest BCUT2D eigenvalue weighted by atomic mass is 9.74. The number of carbonyl (C=O) groups is 4. The SMILES string of the molecule is COC(=O)N[C@@H](C)C(=O)N1C[C@@H](F)C[C@H]1c1ncc(C2(c3cnc([C@@H]4C[C@H](F)CN4C(=O)[C@H](C)OC(N)=O)[nH]3)C=CC(c3ccccc3)=CC2)[nH]1. The number of amides is 4. The molecule has 51 heavy (non-hydrogen) atoms. The van der Waals surface area contributed by atoms with Crippen LogP contribution < -0.4 is 11.1 Å². The Morgan fingerprint density at radius 2 is 1.51 bits per heavy atom. The number of ether oxygens (including phenoxy) is 2. The van der Waals surface area contributed by atoms with Gasteiger partial charge in [-0.3, -0.25) is 9.59 Å². The number of halogens is 2. The molecular weight excluding hydrogens is 666 g/mol. The first kappa shape index (κ1) is 35.3. The number of alkyl carbamates (subject to hydrolysis) is 1. The number of nitrogens with two attached hydrogens (primary N) is 1. The molecule has 1 aliphatic carbocycles. The van der Waals surface area contributed by atoms with Crippen molar-refractivity contribution in [1.82, 2.24) is 35.1 Å². The zero-order valence-corrected chi connectivity index (χ0v) is 28.3. The molecule has 1 unspecified atom stereocenters. The third-order valence-electron chi connectivity index (χ3n) is 9.68. The van der Waals surface area contributed by atoms with E-state index in [1.165, 1.54) is 30.8 Å². The van der Waals surface area contributed by atoms with E-state index in [1.54, 1.807) is 12.4 Å².